The van der Waals surface area contributed by atoms with Gasteiger partial charge in [-0.3, -0.25) is 9.80 Å². The lowest BCUT2D eigenvalue weighted by Gasteiger charge is -2.24. The summed E-state index contributed by atoms with van der Waals surface area (Å²) in [5.74, 6) is 1.15. The standard InChI is InChI=1S/C24H30N2O/c1-2-7-19(8-3-1)17-25-16-13-20(18-25)27-24-10-6-9-21-22(24)11-12-23(21)26-14-4-5-15-26/h1-3,6-10,20,23H,4-5,11-18H2. The molecule has 0 aromatic heterocycles. The molecule has 142 valence electrons. The van der Waals surface area contributed by atoms with Gasteiger partial charge in [0.15, 0.2) is 0 Å². The zero-order valence-corrected chi connectivity index (χ0v) is 16.1. The Morgan fingerprint density at radius 2 is 1.74 bits per heavy atom. The van der Waals surface area contributed by atoms with Crippen LogP contribution in [0.25, 0.3) is 0 Å². The van der Waals surface area contributed by atoms with Crippen LogP contribution in [-0.2, 0) is 13.0 Å². The maximum absolute atomic E-state index is 6.54. The molecule has 2 fully saturated rings. The minimum Gasteiger partial charge on any atom is -0.489 e. The Balaban J connectivity index is 1.24. The molecule has 5 rings (SSSR count). The van der Waals surface area contributed by atoms with Gasteiger partial charge in [-0.15, -0.1) is 0 Å². The van der Waals surface area contributed by atoms with Crippen LogP contribution in [0.5, 0.6) is 5.75 Å². The smallest absolute Gasteiger partial charge is 0.123 e. The summed E-state index contributed by atoms with van der Waals surface area (Å²) in [6.45, 7) is 5.74. The molecule has 0 spiro atoms. The maximum atomic E-state index is 6.54. The first-order valence-electron chi connectivity index (χ1n) is 10.7. The van der Waals surface area contributed by atoms with Crippen molar-refractivity contribution in [2.75, 3.05) is 26.2 Å². The lowest BCUT2D eigenvalue weighted by atomic mass is 10.1. The van der Waals surface area contributed by atoms with Gasteiger partial charge in [-0.1, -0.05) is 42.5 Å². The third kappa shape index (κ3) is 3.63. The summed E-state index contributed by atoms with van der Waals surface area (Å²) in [7, 11) is 0. The first-order valence-corrected chi connectivity index (χ1v) is 10.7. The van der Waals surface area contributed by atoms with Crippen molar-refractivity contribution in [3.8, 4) is 5.75 Å². The van der Waals surface area contributed by atoms with Crippen molar-refractivity contribution in [3.63, 3.8) is 0 Å². The molecule has 27 heavy (non-hydrogen) atoms. The van der Waals surface area contributed by atoms with E-state index in [0.717, 1.165) is 31.8 Å². The largest absolute Gasteiger partial charge is 0.489 e. The summed E-state index contributed by atoms with van der Waals surface area (Å²) in [5.41, 5.74) is 4.41. The first-order chi connectivity index (χ1) is 13.4. The molecule has 0 radical (unpaired) electrons. The second kappa shape index (κ2) is 7.65. The number of fused-ring (bicyclic) bond motifs is 1. The van der Waals surface area contributed by atoms with Crippen molar-refractivity contribution in [1.82, 2.24) is 9.80 Å². The van der Waals surface area contributed by atoms with Crippen LogP contribution in [0.15, 0.2) is 48.5 Å². The molecule has 0 bridgehead atoms. The SMILES string of the molecule is c1ccc(CN2CCC(Oc3cccc4c3CCC4N3CCCC3)C2)cc1. The van der Waals surface area contributed by atoms with Crippen LogP contribution >= 0.6 is 0 Å². The highest BCUT2D eigenvalue weighted by Gasteiger charge is 2.32. The number of nitrogens with zero attached hydrogens (tertiary/aromatic N) is 2. The molecule has 2 heterocycles. The molecule has 2 aromatic rings. The second-order valence-corrected chi connectivity index (χ2v) is 8.37. The van der Waals surface area contributed by atoms with Gasteiger partial charge < -0.3 is 4.74 Å². The van der Waals surface area contributed by atoms with Crippen LogP contribution in [0.3, 0.4) is 0 Å². The van der Waals surface area contributed by atoms with Crippen molar-refractivity contribution in [2.45, 2.75) is 50.8 Å². The van der Waals surface area contributed by atoms with Crippen LogP contribution in [0.4, 0.5) is 0 Å². The molecular formula is C24H30N2O. The highest BCUT2D eigenvalue weighted by Crippen LogP contribution is 2.41. The van der Waals surface area contributed by atoms with Gasteiger partial charge >= 0.3 is 0 Å². The highest BCUT2D eigenvalue weighted by molar-refractivity contribution is 5.45. The Kier molecular flexibility index (Phi) is 4.89. The third-order valence-electron chi connectivity index (χ3n) is 6.55. The summed E-state index contributed by atoms with van der Waals surface area (Å²) < 4.78 is 6.54. The quantitative estimate of drug-likeness (QED) is 0.783. The zero-order chi connectivity index (χ0) is 18.1. The average Bonchev–Trinajstić information content (AvgIpc) is 3.43. The summed E-state index contributed by atoms with van der Waals surface area (Å²) in [4.78, 5) is 5.21. The Morgan fingerprint density at radius 3 is 2.59 bits per heavy atom. The van der Waals surface area contributed by atoms with Gasteiger partial charge in [0, 0.05) is 25.7 Å². The van der Waals surface area contributed by atoms with Crippen molar-refractivity contribution in [1.29, 1.82) is 0 Å². The van der Waals surface area contributed by atoms with Gasteiger partial charge in [-0.2, -0.15) is 0 Å². The average molecular weight is 363 g/mol. The second-order valence-electron chi connectivity index (χ2n) is 8.37. The number of benzene rings is 2. The first kappa shape index (κ1) is 17.3. The van der Waals surface area contributed by atoms with Crippen LogP contribution < -0.4 is 4.74 Å². The molecular weight excluding hydrogens is 332 g/mol. The Bertz CT molecular complexity index is 769. The van der Waals surface area contributed by atoms with Crippen molar-refractivity contribution >= 4 is 0 Å². The molecule has 2 aromatic carbocycles. The number of ether oxygens (including phenoxy) is 1. The van der Waals surface area contributed by atoms with E-state index in [-0.39, 0.29) is 0 Å². The summed E-state index contributed by atoms with van der Waals surface area (Å²) in [6.07, 6.45) is 6.62. The molecule has 2 atom stereocenters. The van der Waals surface area contributed by atoms with E-state index in [2.05, 4.69) is 58.3 Å². The van der Waals surface area contributed by atoms with Crippen molar-refractivity contribution in [2.24, 2.45) is 0 Å². The molecule has 3 aliphatic rings. The van der Waals surface area contributed by atoms with E-state index in [9.17, 15) is 0 Å². The zero-order valence-electron chi connectivity index (χ0n) is 16.1. The predicted molar refractivity (Wildman–Crippen MR) is 109 cm³/mol. The molecule has 0 amide bonds. The summed E-state index contributed by atoms with van der Waals surface area (Å²) >= 11 is 0. The van der Waals surface area contributed by atoms with E-state index in [1.54, 1.807) is 0 Å². The van der Waals surface area contributed by atoms with Gasteiger partial charge in [-0.05, 0) is 68.0 Å². The topological polar surface area (TPSA) is 15.7 Å². The molecule has 2 unspecified atom stereocenters. The van der Waals surface area contributed by atoms with Gasteiger partial charge in [0.25, 0.3) is 0 Å². The van der Waals surface area contributed by atoms with E-state index in [4.69, 9.17) is 4.74 Å². The van der Waals surface area contributed by atoms with E-state index in [1.165, 1.54) is 55.5 Å². The summed E-state index contributed by atoms with van der Waals surface area (Å²) in [5, 5.41) is 0. The molecule has 3 heteroatoms. The Labute approximate surface area is 162 Å². The normalized spacial score (nSPS) is 25.8. The van der Waals surface area contributed by atoms with E-state index in [0.29, 0.717) is 12.1 Å². The molecule has 2 aliphatic heterocycles. The van der Waals surface area contributed by atoms with E-state index in [1.807, 2.05) is 0 Å². The number of likely N-dealkylation sites (tertiary alicyclic amines) is 2. The number of hydrogen-bond donors (Lipinski definition) is 0. The van der Waals surface area contributed by atoms with Gasteiger partial charge in [0.1, 0.15) is 11.9 Å². The summed E-state index contributed by atoms with van der Waals surface area (Å²) in [6, 6.07) is 18.2. The molecule has 3 nitrogen and oxygen atoms in total. The van der Waals surface area contributed by atoms with Crippen LogP contribution in [0.2, 0.25) is 0 Å². The monoisotopic (exact) mass is 362 g/mol. The number of rotatable bonds is 5. The Hall–Kier alpha value is -1.84. The fraction of sp³-hybridized carbons (Fsp3) is 0.500. The number of hydrogen-bond acceptors (Lipinski definition) is 3. The lowest BCUT2D eigenvalue weighted by molar-refractivity contribution is 0.197. The van der Waals surface area contributed by atoms with Gasteiger partial charge in [-0.25, -0.2) is 0 Å². The minimum atomic E-state index is 0.325. The fourth-order valence-corrected chi connectivity index (χ4v) is 5.20. The lowest BCUT2D eigenvalue weighted by Crippen LogP contribution is -2.25. The Morgan fingerprint density at radius 1 is 0.889 bits per heavy atom. The highest BCUT2D eigenvalue weighted by atomic mass is 16.5. The molecule has 1 aliphatic carbocycles. The van der Waals surface area contributed by atoms with Gasteiger partial charge in [0.05, 0.1) is 0 Å². The maximum Gasteiger partial charge on any atom is 0.123 e. The molecule has 2 saturated heterocycles. The van der Waals surface area contributed by atoms with E-state index < -0.39 is 0 Å². The fourth-order valence-electron chi connectivity index (χ4n) is 5.20. The van der Waals surface area contributed by atoms with Crippen molar-refractivity contribution in [3.05, 3.63) is 65.2 Å². The van der Waals surface area contributed by atoms with Crippen LogP contribution in [-0.4, -0.2) is 42.1 Å². The van der Waals surface area contributed by atoms with Crippen molar-refractivity contribution < 1.29 is 4.74 Å². The molecule has 0 N–H and O–H groups in total. The minimum absolute atomic E-state index is 0.325. The third-order valence-corrected chi connectivity index (χ3v) is 6.55. The van der Waals surface area contributed by atoms with Crippen LogP contribution in [0, 0.1) is 0 Å². The van der Waals surface area contributed by atoms with Crippen LogP contribution in [0.1, 0.15) is 48.4 Å². The van der Waals surface area contributed by atoms with Gasteiger partial charge in [0.2, 0.25) is 0 Å². The predicted octanol–water partition coefficient (Wildman–Crippen LogP) is 4.42. The van der Waals surface area contributed by atoms with E-state index >= 15 is 0 Å². The molecule has 0 saturated carbocycles.